The lowest BCUT2D eigenvalue weighted by Gasteiger charge is -2.27. The second-order valence-corrected chi connectivity index (χ2v) is 13.0. The van der Waals surface area contributed by atoms with Crippen LogP contribution < -0.4 is 15.3 Å². The zero-order chi connectivity index (χ0) is 32.1. The van der Waals surface area contributed by atoms with Gasteiger partial charge in [0.25, 0.3) is 0 Å². The van der Waals surface area contributed by atoms with Crippen LogP contribution in [0.5, 0.6) is 5.75 Å². The van der Waals surface area contributed by atoms with E-state index >= 15 is 0 Å². The summed E-state index contributed by atoms with van der Waals surface area (Å²) in [6, 6.07) is 19.9. The average molecular weight is 647 g/mol. The number of carbonyl (C=O) groups excluding carboxylic acids is 1. The van der Waals surface area contributed by atoms with Gasteiger partial charge < -0.3 is 34.5 Å². The van der Waals surface area contributed by atoms with Crippen LogP contribution in [-0.2, 0) is 30.0 Å². The fourth-order valence-corrected chi connectivity index (χ4v) is 7.34. The molecule has 0 spiro atoms. The first-order valence-electron chi connectivity index (χ1n) is 14.6. The van der Waals surface area contributed by atoms with Gasteiger partial charge in [-0.05, 0) is 23.9 Å². The number of nitrogen functional groups attached to an aromatic ring is 1. The van der Waals surface area contributed by atoms with Gasteiger partial charge in [0.2, 0.25) is 0 Å². The van der Waals surface area contributed by atoms with Gasteiger partial charge in [-0.15, -0.1) is 0 Å². The molecule has 0 radical (unpaired) electrons. The first kappa shape index (κ1) is 30.2. The molecule has 5 N–H and O–H groups in total. The van der Waals surface area contributed by atoms with E-state index in [4.69, 9.17) is 24.3 Å². The van der Waals surface area contributed by atoms with Crippen LogP contribution in [0.25, 0.3) is 21.9 Å². The van der Waals surface area contributed by atoms with Crippen LogP contribution >= 0.6 is 7.75 Å². The number of nitrogens with zero attached hydrogens (tertiary/aromatic N) is 4. The molecule has 2 aliphatic rings. The maximum Gasteiger partial charge on any atom is 0.459 e. The van der Waals surface area contributed by atoms with Crippen molar-refractivity contribution in [2.45, 2.75) is 49.5 Å². The monoisotopic (exact) mass is 646 g/mol. The summed E-state index contributed by atoms with van der Waals surface area (Å²) in [6.45, 7) is 1.06. The number of esters is 1. The van der Waals surface area contributed by atoms with Gasteiger partial charge in [-0.2, -0.15) is 5.09 Å². The van der Waals surface area contributed by atoms with Gasteiger partial charge in [-0.25, -0.2) is 19.5 Å². The number of rotatable bonds is 11. The lowest BCUT2D eigenvalue weighted by Crippen LogP contribution is -2.41. The Morgan fingerprint density at radius 1 is 1.11 bits per heavy atom. The zero-order valence-electron chi connectivity index (χ0n) is 24.5. The van der Waals surface area contributed by atoms with Crippen LogP contribution in [0.3, 0.4) is 0 Å². The Hall–Kier alpha value is -4.43. The average Bonchev–Trinajstić information content (AvgIpc) is 3.29. The number of nitrogens with two attached hydrogens (primary N) is 1. The van der Waals surface area contributed by atoms with E-state index < -0.39 is 56.3 Å². The second-order valence-electron chi connectivity index (χ2n) is 11.3. The number of fused-ring (bicyclic) bond motifs is 3. The molecule has 1 aliphatic heterocycles. The number of aromatic nitrogens is 4. The number of ether oxygens (including phenoxy) is 2. The number of hydrogen-bond acceptors (Lipinski definition) is 12. The van der Waals surface area contributed by atoms with Gasteiger partial charge >= 0.3 is 13.7 Å². The summed E-state index contributed by atoms with van der Waals surface area (Å²) in [4.78, 5) is 25.2. The summed E-state index contributed by atoms with van der Waals surface area (Å²) in [5.41, 5.74) is 5.73. The van der Waals surface area contributed by atoms with Crippen LogP contribution in [0, 0.1) is 0 Å². The van der Waals surface area contributed by atoms with Gasteiger partial charge in [-0.1, -0.05) is 66.7 Å². The zero-order valence-corrected chi connectivity index (χ0v) is 25.4. The van der Waals surface area contributed by atoms with Crippen LogP contribution in [-0.4, -0.2) is 72.3 Å². The van der Waals surface area contributed by atoms with E-state index in [0.29, 0.717) is 16.6 Å². The fourth-order valence-electron chi connectivity index (χ4n) is 5.81. The van der Waals surface area contributed by atoms with Gasteiger partial charge in [0.15, 0.2) is 11.5 Å². The van der Waals surface area contributed by atoms with Crippen molar-refractivity contribution in [1.29, 1.82) is 0 Å². The molecule has 4 unspecified atom stereocenters. The molecule has 1 saturated heterocycles. The predicted octanol–water partition coefficient (Wildman–Crippen LogP) is 2.90. The molecule has 238 valence electrons. The summed E-state index contributed by atoms with van der Waals surface area (Å²) < 4.78 is 39.0. The molecule has 0 amide bonds. The summed E-state index contributed by atoms with van der Waals surface area (Å²) in [7, 11) is -4.33. The standard InChI is InChI=1S/C31H31N6O8P/c1-18(30(39)42-14-19-8-3-2-4-9-19)36-46(41,45-22-13-7-11-20-10-5-6-12-21(20)22)43-15-23-26(38)31(40)25(27(31)44-23)37-17-35-24-28(32)33-16-34-29(24)37/h2-13,16-18,23,25-27,38,40H,14-15H2,1H3,(H,36,41)(H2,32,33,34)/t18-,23+,25+,26?,27?,31?,46?/m0/s1. The molecule has 7 atom stereocenters. The third-order valence-corrected chi connectivity index (χ3v) is 9.88. The Labute approximate surface area is 262 Å². The molecule has 46 heavy (non-hydrogen) atoms. The van der Waals surface area contributed by atoms with Crippen molar-refractivity contribution in [3.8, 4) is 5.75 Å². The first-order valence-corrected chi connectivity index (χ1v) is 16.1. The molecule has 0 bridgehead atoms. The minimum atomic E-state index is -4.33. The molecule has 2 aromatic heterocycles. The van der Waals surface area contributed by atoms with Crippen LogP contribution in [0.1, 0.15) is 18.5 Å². The number of aliphatic hydroxyl groups is 2. The fraction of sp³-hybridized carbons (Fsp3) is 0.290. The van der Waals surface area contributed by atoms with E-state index in [2.05, 4.69) is 20.0 Å². The number of nitrogens with one attached hydrogen (secondary N) is 1. The van der Waals surface area contributed by atoms with Crippen molar-refractivity contribution in [2.24, 2.45) is 0 Å². The Balaban J connectivity index is 1.07. The quantitative estimate of drug-likeness (QED) is 0.121. The third kappa shape index (κ3) is 5.38. The highest BCUT2D eigenvalue weighted by Gasteiger charge is 2.77. The van der Waals surface area contributed by atoms with Crippen molar-refractivity contribution in [3.63, 3.8) is 0 Å². The predicted molar refractivity (Wildman–Crippen MR) is 165 cm³/mol. The van der Waals surface area contributed by atoms with E-state index in [9.17, 15) is 19.6 Å². The summed E-state index contributed by atoms with van der Waals surface area (Å²) in [5.74, 6) is -0.245. The Morgan fingerprint density at radius 3 is 2.65 bits per heavy atom. The Morgan fingerprint density at radius 2 is 1.87 bits per heavy atom. The van der Waals surface area contributed by atoms with E-state index in [1.807, 2.05) is 54.6 Å². The highest BCUT2D eigenvalue weighted by Crippen LogP contribution is 2.59. The Kier molecular flexibility index (Phi) is 7.71. The molecule has 3 heterocycles. The maximum absolute atomic E-state index is 14.3. The molecule has 5 aromatic rings. The summed E-state index contributed by atoms with van der Waals surface area (Å²) in [6.07, 6.45) is -0.606. The van der Waals surface area contributed by atoms with Gasteiger partial charge in [0.1, 0.15) is 54.2 Å². The number of aliphatic hydroxyl groups excluding tert-OH is 1. The number of carbonyl (C=O) groups is 1. The minimum Gasteiger partial charge on any atom is -0.460 e. The molecule has 1 saturated carbocycles. The molecular weight excluding hydrogens is 615 g/mol. The second kappa shape index (κ2) is 11.7. The molecule has 14 nitrogen and oxygen atoms in total. The van der Waals surface area contributed by atoms with Gasteiger partial charge in [0.05, 0.1) is 19.0 Å². The van der Waals surface area contributed by atoms with Crippen molar-refractivity contribution >= 4 is 41.5 Å². The maximum atomic E-state index is 14.3. The summed E-state index contributed by atoms with van der Waals surface area (Å²) in [5, 5.41) is 26.7. The highest BCUT2D eigenvalue weighted by atomic mass is 31.2. The van der Waals surface area contributed by atoms with Crippen molar-refractivity contribution in [3.05, 3.63) is 91.0 Å². The number of hydrogen-bond donors (Lipinski definition) is 4. The molecular formula is C31H31N6O8P. The smallest absolute Gasteiger partial charge is 0.459 e. The minimum absolute atomic E-state index is 0.0229. The van der Waals surface area contributed by atoms with E-state index in [1.54, 1.807) is 22.8 Å². The topological polar surface area (TPSA) is 193 Å². The van der Waals surface area contributed by atoms with Gasteiger partial charge in [0, 0.05) is 5.39 Å². The van der Waals surface area contributed by atoms with Crippen molar-refractivity contribution < 1.29 is 38.1 Å². The first-order chi connectivity index (χ1) is 22.2. The largest absolute Gasteiger partial charge is 0.460 e. The molecule has 1 aliphatic carbocycles. The molecule has 15 heteroatoms. The van der Waals surface area contributed by atoms with Crippen molar-refractivity contribution in [1.82, 2.24) is 24.6 Å². The number of imidazole rings is 1. The number of benzene rings is 3. The van der Waals surface area contributed by atoms with Crippen LogP contribution in [0.2, 0.25) is 0 Å². The summed E-state index contributed by atoms with van der Waals surface area (Å²) >= 11 is 0. The van der Waals surface area contributed by atoms with Gasteiger partial charge in [-0.3, -0.25) is 9.32 Å². The number of anilines is 1. The lowest BCUT2D eigenvalue weighted by molar-refractivity contribution is -0.146. The van der Waals surface area contributed by atoms with E-state index in [0.717, 1.165) is 10.9 Å². The SMILES string of the molecule is C[C@H](NP(=O)(OC[C@H]1OC2[C@@H](n3cnc4c(N)ncnc43)C2(O)C1O)Oc1cccc2ccccc12)C(=O)OCc1ccccc1. The Bertz CT molecular complexity index is 1950. The highest BCUT2D eigenvalue weighted by molar-refractivity contribution is 7.52. The molecule has 7 rings (SSSR count). The van der Waals surface area contributed by atoms with Crippen molar-refractivity contribution in [2.75, 3.05) is 12.3 Å². The molecule has 2 fully saturated rings. The van der Waals surface area contributed by atoms with Crippen LogP contribution in [0.15, 0.2) is 85.5 Å². The van der Waals surface area contributed by atoms with E-state index in [-0.39, 0.29) is 18.2 Å². The van der Waals surface area contributed by atoms with E-state index in [1.165, 1.54) is 19.6 Å². The lowest BCUT2D eigenvalue weighted by atomic mass is 10.1. The third-order valence-electron chi connectivity index (χ3n) is 8.25. The van der Waals surface area contributed by atoms with Crippen LogP contribution in [0.4, 0.5) is 5.82 Å². The normalized spacial score (nSPS) is 25.5. The molecule has 3 aromatic carbocycles.